The molecular weight excluding hydrogens is 591 g/mol. The van der Waals surface area contributed by atoms with E-state index in [0.717, 1.165) is 0 Å². The van der Waals surface area contributed by atoms with E-state index < -0.39 is 47.7 Å². The molecule has 0 saturated heterocycles. The second-order valence-corrected chi connectivity index (χ2v) is 16.4. The third-order valence-electron chi connectivity index (χ3n) is 6.16. The Morgan fingerprint density at radius 3 is 1.33 bits per heavy atom. The van der Waals surface area contributed by atoms with Crippen LogP contribution in [-0.4, -0.2) is 44.5 Å². The molecule has 0 amide bonds. The van der Waals surface area contributed by atoms with Crippen LogP contribution in [0.5, 0.6) is 11.5 Å². The maximum atomic E-state index is 13.7. The highest BCUT2D eigenvalue weighted by Crippen LogP contribution is 2.50. The zero-order valence-electron chi connectivity index (χ0n) is 19.5. The lowest BCUT2D eigenvalue weighted by Crippen LogP contribution is -2.68. The molecule has 0 aliphatic carbocycles. The minimum absolute atomic E-state index is 0.178. The van der Waals surface area contributed by atoms with Crippen LogP contribution in [0.3, 0.4) is 0 Å². The van der Waals surface area contributed by atoms with Crippen LogP contribution in [0.25, 0.3) is 32.7 Å². The average Bonchev–Trinajstić information content (AvgIpc) is 2.95. The van der Waals surface area contributed by atoms with E-state index in [2.05, 4.69) is 0 Å². The van der Waals surface area contributed by atoms with E-state index >= 15 is 0 Å². The topological polar surface area (TPSA) is 90.0 Å². The van der Waals surface area contributed by atoms with Crippen molar-refractivity contribution < 1.29 is 50.8 Å². The van der Waals surface area contributed by atoms with Crippen LogP contribution in [0.4, 0.5) is 26.3 Å². The predicted molar refractivity (Wildman–Crippen MR) is 132 cm³/mol. The summed E-state index contributed by atoms with van der Waals surface area (Å²) in [7, 11) is -14.4. The average molecular weight is 606 g/mol. The van der Waals surface area contributed by atoms with Gasteiger partial charge in [0.25, 0.3) is 20.0 Å². The largest absolute Gasteiger partial charge is 0.765 e. The molecular formula is C23H15AlF6NO6S2-. The first-order chi connectivity index (χ1) is 18.0. The molecule has 0 aromatic heterocycles. The maximum Gasteiger partial charge on any atom is 0.765 e. The smallest absolute Gasteiger partial charge is 0.754 e. The van der Waals surface area contributed by atoms with Gasteiger partial charge in [0, 0.05) is 11.1 Å². The number of sulfonamides is 2. The Morgan fingerprint density at radius 1 is 0.615 bits per heavy atom. The summed E-state index contributed by atoms with van der Waals surface area (Å²) in [6, 6.07) is 18.6. The molecule has 1 aliphatic heterocycles. The molecule has 0 saturated carbocycles. The minimum Gasteiger partial charge on any atom is -0.754 e. The summed E-state index contributed by atoms with van der Waals surface area (Å²) in [5.74, 6) is -0.185. The number of alkyl halides is 6. The predicted octanol–water partition coefficient (Wildman–Crippen LogP) is 6.00. The normalized spacial score (nSPS) is 15.8. The SMILES string of the molecule is [CH3][Al-]1([N](S(=O)(=O)C(F)(F)F)S(=O)(=O)C(F)(F)F)[O]c2ccc3ccccc3c2-c2c(ccc3ccccc23)[O]1. The van der Waals surface area contributed by atoms with E-state index in [1.54, 1.807) is 48.5 Å². The van der Waals surface area contributed by atoms with Crippen molar-refractivity contribution >= 4 is 55.6 Å². The van der Waals surface area contributed by atoms with Crippen molar-refractivity contribution in [3.8, 4) is 22.6 Å². The lowest BCUT2D eigenvalue weighted by molar-refractivity contribution is -0.0518. The van der Waals surface area contributed by atoms with Crippen molar-refractivity contribution in [3.63, 3.8) is 0 Å². The fourth-order valence-corrected chi connectivity index (χ4v) is 13.4. The van der Waals surface area contributed by atoms with Crippen molar-refractivity contribution in [2.24, 2.45) is 0 Å². The first-order valence-electron chi connectivity index (χ1n) is 11.0. The summed E-state index contributed by atoms with van der Waals surface area (Å²) >= 11 is -6.18. The second kappa shape index (κ2) is 8.74. The lowest BCUT2D eigenvalue weighted by atomic mass is 9.92. The molecule has 1 aliphatic rings. The van der Waals surface area contributed by atoms with Gasteiger partial charge in [0.1, 0.15) is 0 Å². The molecule has 0 unspecified atom stereocenters. The molecule has 39 heavy (non-hydrogen) atoms. The van der Waals surface area contributed by atoms with Crippen molar-refractivity contribution in [3.05, 3.63) is 72.8 Å². The molecule has 206 valence electrons. The monoisotopic (exact) mass is 606 g/mol. The van der Waals surface area contributed by atoms with Gasteiger partial charge in [0.2, 0.25) is 0 Å². The minimum atomic E-state index is -7.19. The van der Waals surface area contributed by atoms with Gasteiger partial charge in [0.05, 0.1) is 11.5 Å². The molecule has 0 atom stereocenters. The first kappa shape index (κ1) is 27.5. The summed E-state index contributed by atoms with van der Waals surface area (Å²) in [6.45, 7) is 0. The molecule has 7 nitrogen and oxygen atoms in total. The summed E-state index contributed by atoms with van der Waals surface area (Å²) in [5, 5.41) is 2.11. The fourth-order valence-electron chi connectivity index (χ4n) is 4.63. The Balaban J connectivity index is 1.92. The molecule has 4 aromatic carbocycles. The maximum absolute atomic E-state index is 13.7. The number of halogens is 6. The van der Waals surface area contributed by atoms with Crippen molar-refractivity contribution in [1.29, 1.82) is 0 Å². The molecule has 0 N–H and O–H groups in total. The Bertz CT molecular complexity index is 1730. The van der Waals surface area contributed by atoms with Crippen LogP contribution in [0.1, 0.15) is 0 Å². The number of benzene rings is 4. The molecule has 0 bridgehead atoms. The summed E-state index contributed by atoms with van der Waals surface area (Å²) in [4.78, 5) is 0. The molecule has 0 spiro atoms. The number of nitrogens with zero attached hydrogens (tertiary/aromatic N) is 1. The standard InChI is InChI=1S/C20H14O2.C2F6NO4S2.CH3.Al/c21-17-11-9-13-5-1-3-7-15(13)19(17)20-16-8-4-2-6-14(16)10-12-18(20)22;3-1(4,5)14(10,11)9-15(12,13)2(6,7)8;;/h1-12,21-22H;;1H3;/q;-1;;+2/p-2. The number of hydrogen-bond donors (Lipinski definition) is 0. The molecule has 5 rings (SSSR count). The quantitative estimate of drug-likeness (QED) is 0.210. The van der Waals surface area contributed by atoms with Gasteiger partial charge in [-0.1, -0.05) is 60.7 Å². The third kappa shape index (κ3) is 4.22. The lowest BCUT2D eigenvalue weighted by Gasteiger charge is -2.42. The molecule has 0 radical (unpaired) electrons. The van der Waals surface area contributed by atoms with Crippen LogP contribution < -0.4 is 7.58 Å². The highest BCUT2D eigenvalue weighted by molar-refractivity contribution is 8.06. The summed E-state index contributed by atoms with van der Waals surface area (Å²) in [5.41, 5.74) is -12.5. The van der Waals surface area contributed by atoms with Gasteiger partial charge < -0.3 is 7.58 Å². The van der Waals surface area contributed by atoms with Gasteiger partial charge in [-0.05, 0) is 33.7 Å². The second-order valence-electron chi connectivity index (χ2n) is 8.72. The van der Waals surface area contributed by atoms with Crippen LogP contribution in [0, 0.1) is 0 Å². The van der Waals surface area contributed by atoms with Crippen molar-refractivity contribution in [2.45, 2.75) is 16.8 Å². The number of fused-ring (bicyclic) bond motifs is 7. The molecule has 16 heteroatoms. The van der Waals surface area contributed by atoms with Gasteiger partial charge in [-0.25, -0.2) is 19.5 Å². The third-order valence-corrected chi connectivity index (χ3v) is 15.6. The fraction of sp³-hybridized carbons (Fsp3) is 0.130. The van der Waals surface area contributed by atoms with E-state index in [1.165, 1.54) is 24.3 Å². The van der Waals surface area contributed by atoms with E-state index in [9.17, 15) is 43.2 Å². The van der Waals surface area contributed by atoms with E-state index in [-0.39, 0.29) is 22.6 Å². The van der Waals surface area contributed by atoms with Crippen LogP contribution in [0.2, 0.25) is 5.79 Å². The molecule has 4 aromatic rings. The Hall–Kier alpha value is -3.03. The molecule has 1 heterocycles. The van der Waals surface area contributed by atoms with Gasteiger partial charge in [-0.3, -0.25) is 0 Å². The molecule has 0 fully saturated rings. The Labute approximate surface area is 220 Å². The van der Waals surface area contributed by atoms with Crippen molar-refractivity contribution in [1.82, 2.24) is 2.69 Å². The van der Waals surface area contributed by atoms with E-state index in [1.807, 2.05) is 0 Å². The number of rotatable bonds is 3. The number of hydrogen-bond acceptors (Lipinski definition) is 6. The zero-order chi connectivity index (χ0) is 28.6. The van der Waals surface area contributed by atoms with Gasteiger partial charge in [0.15, 0.2) is 0 Å². The van der Waals surface area contributed by atoms with Gasteiger partial charge in [-0.15, -0.1) is 5.79 Å². The Kier molecular flexibility index (Phi) is 6.17. The van der Waals surface area contributed by atoms with Crippen LogP contribution >= 0.6 is 0 Å². The summed E-state index contributed by atoms with van der Waals surface area (Å²) in [6.07, 6.45) is 0. The highest BCUT2D eigenvalue weighted by Gasteiger charge is 2.70. The zero-order valence-corrected chi connectivity index (χ0v) is 22.3. The van der Waals surface area contributed by atoms with E-state index in [0.29, 0.717) is 27.3 Å². The van der Waals surface area contributed by atoms with E-state index in [4.69, 9.17) is 7.58 Å². The van der Waals surface area contributed by atoms with Crippen molar-refractivity contribution in [2.75, 3.05) is 0 Å². The summed E-state index contributed by atoms with van der Waals surface area (Å²) < 4.78 is 142. The highest BCUT2D eigenvalue weighted by atomic mass is 32.3. The Morgan fingerprint density at radius 2 is 0.974 bits per heavy atom. The first-order valence-corrected chi connectivity index (χ1v) is 16.5. The van der Waals surface area contributed by atoms with Gasteiger partial charge >= 0.3 is 25.0 Å². The van der Waals surface area contributed by atoms with Gasteiger partial charge in [-0.2, -0.15) is 26.3 Å². The van der Waals surface area contributed by atoms with Crippen LogP contribution in [0.15, 0.2) is 72.8 Å². The van der Waals surface area contributed by atoms with Crippen LogP contribution in [-0.2, 0) is 20.0 Å².